The molecule has 16 heavy (non-hydrogen) atoms. The second-order valence-electron chi connectivity index (χ2n) is 3.25. The standard InChI is InChI=1S/C12H11ClN2O/c13-10-2-1-3-11(6-10)16-12-4-5-15-8-9(12)7-14/h1-6,8H,7,14H2. The smallest absolute Gasteiger partial charge is 0.134 e. The van der Waals surface area contributed by atoms with Crippen LogP contribution in [-0.4, -0.2) is 4.98 Å². The summed E-state index contributed by atoms with van der Waals surface area (Å²) in [5, 5.41) is 0.640. The van der Waals surface area contributed by atoms with Crippen molar-refractivity contribution in [3.63, 3.8) is 0 Å². The molecule has 0 aliphatic carbocycles. The second kappa shape index (κ2) is 4.96. The molecule has 0 bridgehead atoms. The number of pyridine rings is 1. The highest BCUT2D eigenvalue weighted by atomic mass is 35.5. The average Bonchev–Trinajstić information content (AvgIpc) is 2.30. The van der Waals surface area contributed by atoms with Crippen LogP contribution in [0.3, 0.4) is 0 Å². The molecule has 3 nitrogen and oxygen atoms in total. The Kier molecular flexibility index (Phi) is 3.39. The number of aromatic nitrogens is 1. The molecular weight excluding hydrogens is 224 g/mol. The van der Waals surface area contributed by atoms with Gasteiger partial charge in [0.2, 0.25) is 0 Å². The molecule has 0 radical (unpaired) electrons. The third-order valence-electron chi connectivity index (χ3n) is 2.10. The molecule has 0 fully saturated rings. The molecular formula is C12H11ClN2O. The van der Waals surface area contributed by atoms with E-state index >= 15 is 0 Å². The van der Waals surface area contributed by atoms with E-state index in [1.54, 1.807) is 30.6 Å². The summed E-state index contributed by atoms with van der Waals surface area (Å²) in [4.78, 5) is 3.99. The molecule has 82 valence electrons. The van der Waals surface area contributed by atoms with E-state index < -0.39 is 0 Å². The predicted octanol–water partition coefficient (Wildman–Crippen LogP) is 2.99. The first kappa shape index (κ1) is 10.9. The van der Waals surface area contributed by atoms with Crippen molar-refractivity contribution < 1.29 is 4.74 Å². The van der Waals surface area contributed by atoms with Crippen LogP contribution in [0.5, 0.6) is 11.5 Å². The zero-order valence-corrected chi connectivity index (χ0v) is 9.32. The van der Waals surface area contributed by atoms with Gasteiger partial charge >= 0.3 is 0 Å². The Labute approximate surface area is 98.8 Å². The highest BCUT2D eigenvalue weighted by Crippen LogP contribution is 2.26. The Morgan fingerprint density at radius 2 is 2.19 bits per heavy atom. The SMILES string of the molecule is NCc1cnccc1Oc1cccc(Cl)c1. The molecule has 0 saturated carbocycles. The lowest BCUT2D eigenvalue weighted by atomic mass is 10.2. The van der Waals surface area contributed by atoms with Gasteiger partial charge < -0.3 is 10.5 Å². The summed E-state index contributed by atoms with van der Waals surface area (Å²) >= 11 is 5.87. The summed E-state index contributed by atoms with van der Waals surface area (Å²) in [6.45, 7) is 0.393. The number of hydrogen-bond donors (Lipinski definition) is 1. The van der Waals surface area contributed by atoms with Gasteiger partial charge in [-0.15, -0.1) is 0 Å². The van der Waals surface area contributed by atoms with Gasteiger partial charge in [-0.05, 0) is 24.3 Å². The molecule has 2 aromatic rings. The van der Waals surface area contributed by atoms with Crippen LogP contribution in [0.15, 0.2) is 42.7 Å². The van der Waals surface area contributed by atoms with Crippen molar-refractivity contribution in [1.82, 2.24) is 4.98 Å². The topological polar surface area (TPSA) is 48.1 Å². The first-order valence-electron chi connectivity index (χ1n) is 4.86. The van der Waals surface area contributed by atoms with Crippen LogP contribution in [0, 0.1) is 0 Å². The molecule has 0 atom stereocenters. The van der Waals surface area contributed by atoms with Gasteiger partial charge in [0.1, 0.15) is 11.5 Å². The third-order valence-corrected chi connectivity index (χ3v) is 2.34. The van der Waals surface area contributed by atoms with E-state index in [9.17, 15) is 0 Å². The molecule has 1 aromatic carbocycles. The van der Waals surface area contributed by atoms with Gasteiger partial charge in [-0.25, -0.2) is 0 Å². The third kappa shape index (κ3) is 2.51. The summed E-state index contributed by atoms with van der Waals surface area (Å²) in [6.07, 6.45) is 3.36. The summed E-state index contributed by atoms with van der Waals surface area (Å²) in [7, 11) is 0. The molecule has 0 aliphatic rings. The van der Waals surface area contributed by atoms with Crippen molar-refractivity contribution in [2.24, 2.45) is 5.73 Å². The number of halogens is 1. The summed E-state index contributed by atoms with van der Waals surface area (Å²) in [6, 6.07) is 9.00. The van der Waals surface area contributed by atoms with Crippen molar-refractivity contribution in [2.45, 2.75) is 6.54 Å². The maximum atomic E-state index is 5.87. The molecule has 1 heterocycles. The minimum Gasteiger partial charge on any atom is -0.457 e. The largest absolute Gasteiger partial charge is 0.457 e. The number of ether oxygens (including phenoxy) is 1. The molecule has 0 aliphatic heterocycles. The highest BCUT2D eigenvalue weighted by Gasteiger charge is 2.03. The van der Waals surface area contributed by atoms with Crippen molar-refractivity contribution in [3.8, 4) is 11.5 Å². The van der Waals surface area contributed by atoms with E-state index in [-0.39, 0.29) is 0 Å². The maximum Gasteiger partial charge on any atom is 0.134 e. The molecule has 1 aromatic heterocycles. The minimum atomic E-state index is 0.393. The van der Waals surface area contributed by atoms with Gasteiger partial charge in [0, 0.05) is 29.5 Å². The molecule has 2 N–H and O–H groups in total. The number of rotatable bonds is 3. The zero-order chi connectivity index (χ0) is 11.4. The van der Waals surface area contributed by atoms with Gasteiger partial charge in [-0.1, -0.05) is 17.7 Å². The van der Waals surface area contributed by atoms with Crippen molar-refractivity contribution in [2.75, 3.05) is 0 Å². The average molecular weight is 235 g/mol. The second-order valence-corrected chi connectivity index (χ2v) is 3.68. The van der Waals surface area contributed by atoms with E-state index in [0.29, 0.717) is 23.1 Å². The first-order chi connectivity index (χ1) is 7.79. The fraction of sp³-hybridized carbons (Fsp3) is 0.0833. The van der Waals surface area contributed by atoms with Crippen molar-refractivity contribution in [3.05, 3.63) is 53.3 Å². The molecule has 4 heteroatoms. The summed E-state index contributed by atoms with van der Waals surface area (Å²) in [5.41, 5.74) is 6.45. The number of nitrogens with two attached hydrogens (primary N) is 1. The fourth-order valence-electron chi connectivity index (χ4n) is 1.32. The fourth-order valence-corrected chi connectivity index (χ4v) is 1.50. The van der Waals surface area contributed by atoms with E-state index in [0.717, 1.165) is 5.56 Å². The summed E-state index contributed by atoms with van der Waals surface area (Å²) in [5.74, 6) is 1.40. The van der Waals surface area contributed by atoms with Crippen LogP contribution < -0.4 is 10.5 Å². The quantitative estimate of drug-likeness (QED) is 0.888. The monoisotopic (exact) mass is 234 g/mol. The van der Waals surface area contributed by atoms with Crippen LogP contribution in [0.25, 0.3) is 0 Å². The maximum absolute atomic E-state index is 5.87. The Balaban J connectivity index is 2.26. The molecule has 0 spiro atoms. The van der Waals surface area contributed by atoms with Gasteiger partial charge in [-0.3, -0.25) is 4.98 Å². The zero-order valence-electron chi connectivity index (χ0n) is 8.56. The lowest BCUT2D eigenvalue weighted by Crippen LogP contribution is -1.99. The van der Waals surface area contributed by atoms with Crippen LogP contribution in [0.1, 0.15) is 5.56 Å². The number of nitrogens with zero attached hydrogens (tertiary/aromatic N) is 1. The van der Waals surface area contributed by atoms with E-state index in [4.69, 9.17) is 22.1 Å². The lowest BCUT2D eigenvalue weighted by molar-refractivity contribution is 0.475. The minimum absolute atomic E-state index is 0.393. The molecule has 2 rings (SSSR count). The van der Waals surface area contributed by atoms with Crippen LogP contribution in [0.2, 0.25) is 5.02 Å². The van der Waals surface area contributed by atoms with E-state index in [2.05, 4.69) is 4.98 Å². The molecule has 0 saturated heterocycles. The van der Waals surface area contributed by atoms with Gasteiger partial charge in [0.05, 0.1) is 0 Å². The molecule has 0 amide bonds. The summed E-state index contributed by atoms with van der Waals surface area (Å²) < 4.78 is 5.68. The van der Waals surface area contributed by atoms with E-state index in [1.807, 2.05) is 12.1 Å². The van der Waals surface area contributed by atoms with Crippen LogP contribution in [0.4, 0.5) is 0 Å². The number of benzene rings is 1. The number of hydrogen-bond acceptors (Lipinski definition) is 3. The lowest BCUT2D eigenvalue weighted by Gasteiger charge is -2.09. The van der Waals surface area contributed by atoms with Crippen molar-refractivity contribution in [1.29, 1.82) is 0 Å². The van der Waals surface area contributed by atoms with Crippen LogP contribution >= 0.6 is 11.6 Å². The normalized spacial score (nSPS) is 10.1. The van der Waals surface area contributed by atoms with Gasteiger partial charge in [0.15, 0.2) is 0 Å². The predicted molar refractivity (Wildman–Crippen MR) is 63.7 cm³/mol. The first-order valence-corrected chi connectivity index (χ1v) is 5.24. The van der Waals surface area contributed by atoms with Crippen molar-refractivity contribution >= 4 is 11.6 Å². The van der Waals surface area contributed by atoms with Gasteiger partial charge in [-0.2, -0.15) is 0 Å². The van der Waals surface area contributed by atoms with Crippen LogP contribution in [-0.2, 0) is 6.54 Å². The Bertz CT molecular complexity index is 488. The molecule has 0 unspecified atom stereocenters. The Hall–Kier alpha value is -1.58. The Morgan fingerprint density at radius 3 is 2.94 bits per heavy atom. The highest BCUT2D eigenvalue weighted by molar-refractivity contribution is 6.30. The van der Waals surface area contributed by atoms with Gasteiger partial charge in [0.25, 0.3) is 0 Å². The Morgan fingerprint density at radius 1 is 1.31 bits per heavy atom. The van der Waals surface area contributed by atoms with E-state index in [1.165, 1.54) is 0 Å².